The number of benzene rings is 2. The van der Waals surface area contributed by atoms with Gasteiger partial charge in [0, 0.05) is 7.05 Å². The normalized spacial score (nSPS) is 10.7. The maximum atomic E-state index is 13.9. The molecule has 0 saturated heterocycles. The van der Waals surface area contributed by atoms with Crippen molar-refractivity contribution in [3.05, 3.63) is 65.2 Å². The Morgan fingerprint density at radius 3 is 2.27 bits per heavy atom. The van der Waals surface area contributed by atoms with Gasteiger partial charge in [-0.3, -0.25) is 14.9 Å². The van der Waals surface area contributed by atoms with E-state index in [1.165, 1.54) is 43.1 Å². The molecule has 9 nitrogen and oxygen atoms in total. The topological polar surface area (TPSA) is 115 Å². The predicted molar refractivity (Wildman–Crippen MR) is 121 cm³/mol. The summed E-state index contributed by atoms with van der Waals surface area (Å²) >= 11 is 1.77. The molecule has 2 rings (SSSR count). The molecule has 0 fully saturated rings. The van der Waals surface area contributed by atoms with Crippen molar-refractivity contribution in [1.29, 1.82) is 5.26 Å². The lowest BCUT2D eigenvalue weighted by molar-refractivity contribution is 0.0958. The van der Waals surface area contributed by atoms with E-state index in [0.717, 1.165) is 26.8 Å². The quantitative estimate of drug-likeness (QED) is 0.214. The van der Waals surface area contributed by atoms with Crippen LogP contribution in [0.4, 0.5) is 24.1 Å². The number of halogens is 2. The molecular formula is C20H17F2N5O4S2. The van der Waals surface area contributed by atoms with Crippen molar-refractivity contribution < 1.29 is 28.0 Å². The van der Waals surface area contributed by atoms with E-state index in [2.05, 4.69) is 5.16 Å². The Hall–Kier alpha value is -3.63. The van der Waals surface area contributed by atoms with Gasteiger partial charge < -0.3 is 0 Å². The Morgan fingerprint density at radius 2 is 1.73 bits per heavy atom. The van der Waals surface area contributed by atoms with E-state index in [0.29, 0.717) is 22.7 Å². The second kappa shape index (κ2) is 11.8. The Labute approximate surface area is 196 Å². The molecule has 0 aliphatic carbocycles. The van der Waals surface area contributed by atoms with Gasteiger partial charge in [-0.1, -0.05) is 11.2 Å². The fourth-order valence-electron chi connectivity index (χ4n) is 2.15. The summed E-state index contributed by atoms with van der Waals surface area (Å²) in [6.07, 6.45) is 0.795. The summed E-state index contributed by atoms with van der Waals surface area (Å²) in [4.78, 5) is 42.1. The molecule has 2 aromatic carbocycles. The average molecular weight is 494 g/mol. The first-order valence-electron chi connectivity index (χ1n) is 8.99. The summed E-state index contributed by atoms with van der Waals surface area (Å²) in [5, 5.41) is 14.9. The minimum Gasteiger partial charge on any atom is -0.296 e. The molecule has 2 aromatic rings. The number of rotatable bonds is 5. The van der Waals surface area contributed by atoms with Crippen LogP contribution in [-0.2, 0) is 4.84 Å². The summed E-state index contributed by atoms with van der Waals surface area (Å²) in [5.41, 5.74) is -0.490. The third-order valence-electron chi connectivity index (χ3n) is 3.83. The van der Waals surface area contributed by atoms with Gasteiger partial charge >= 0.3 is 12.1 Å². The Kier molecular flexibility index (Phi) is 9.19. The Balaban J connectivity index is 2.28. The number of carbonyl (C=O) groups is 3. The van der Waals surface area contributed by atoms with E-state index in [4.69, 9.17) is 10.1 Å². The standard InChI is InChI=1S/C20H17F2N5O4S2/c1-12(32-3)25-31-20(30)26(2)33-27(14-9-7-13(11-23)8-10-14)19(29)24-18(28)17-15(21)5-4-6-16(17)22/h4-10H,1-3H3,(H,24,28,29)/b25-12+. The van der Waals surface area contributed by atoms with Crippen molar-refractivity contribution in [1.82, 2.24) is 9.62 Å². The van der Waals surface area contributed by atoms with Gasteiger partial charge in [-0.15, -0.1) is 11.8 Å². The van der Waals surface area contributed by atoms with E-state index in [1.54, 1.807) is 13.2 Å². The van der Waals surface area contributed by atoms with Crippen molar-refractivity contribution in [2.75, 3.05) is 17.6 Å². The maximum absolute atomic E-state index is 13.9. The first kappa shape index (κ1) is 25.6. The monoisotopic (exact) mass is 493 g/mol. The van der Waals surface area contributed by atoms with Crippen LogP contribution in [0, 0.1) is 23.0 Å². The zero-order valence-corrected chi connectivity index (χ0v) is 19.2. The van der Waals surface area contributed by atoms with Crippen LogP contribution >= 0.6 is 23.9 Å². The summed E-state index contributed by atoms with van der Waals surface area (Å²) in [6, 6.07) is 9.19. The molecule has 0 aliphatic rings. The molecule has 13 heteroatoms. The molecule has 0 bridgehead atoms. The number of nitrogens with one attached hydrogen (secondary N) is 1. The van der Waals surface area contributed by atoms with E-state index >= 15 is 0 Å². The number of hydrogen-bond acceptors (Lipinski definition) is 8. The molecule has 33 heavy (non-hydrogen) atoms. The first-order chi connectivity index (χ1) is 15.7. The summed E-state index contributed by atoms with van der Waals surface area (Å²) in [5.74, 6) is -3.62. The average Bonchev–Trinajstić information content (AvgIpc) is 2.80. The molecule has 0 unspecified atom stereocenters. The molecule has 0 spiro atoms. The highest BCUT2D eigenvalue weighted by Gasteiger charge is 2.27. The van der Waals surface area contributed by atoms with E-state index < -0.39 is 35.2 Å². The lowest BCUT2D eigenvalue weighted by Gasteiger charge is -2.25. The zero-order valence-electron chi connectivity index (χ0n) is 17.5. The third-order valence-corrected chi connectivity index (χ3v) is 5.43. The molecule has 172 valence electrons. The summed E-state index contributed by atoms with van der Waals surface area (Å²) in [7, 11) is 1.28. The number of nitriles is 1. The third kappa shape index (κ3) is 6.93. The van der Waals surface area contributed by atoms with Gasteiger partial charge in [-0.25, -0.2) is 27.0 Å². The fourth-order valence-corrected chi connectivity index (χ4v) is 2.94. The highest BCUT2D eigenvalue weighted by molar-refractivity contribution is 8.13. The lowest BCUT2D eigenvalue weighted by Crippen LogP contribution is -2.42. The van der Waals surface area contributed by atoms with Crippen molar-refractivity contribution >= 4 is 52.7 Å². The van der Waals surface area contributed by atoms with Gasteiger partial charge in [0.05, 0.1) is 29.5 Å². The van der Waals surface area contributed by atoms with E-state index in [9.17, 15) is 23.2 Å². The first-order valence-corrected chi connectivity index (χ1v) is 10.9. The minimum atomic E-state index is -1.32. The van der Waals surface area contributed by atoms with Crippen LogP contribution in [-0.4, -0.2) is 40.7 Å². The van der Waals surface area contributed by atoms with E-state index in [1.807, 2.05) is 11.4 Å². The molecule has 4 amide bonds. The number of thioether (sulfide) groups is 1. The number of carbonyl (C=O) groups excluding carboxylic acids is 3. The number of imide groups is 1. The second-order valence-corrected chi connectivity index (χ2v) is 8.13. The lowest BCUT2D eigenvalue weighted by atomic mass is 10.2. The number of anilines is 1. The highest BCUT2D eigenvalue weighted by Crippen LogP contribution is 2.26. The molecular weight excluding hydrogens is 476 g/mol. The van der Waals surface area contributed by atoms with Gasteiger partial charge in [0.15, 0.2) is 0 Å². The summed E-state index contributed by atoms with van der Waals surface area (Å²) in [6.45, 7) is 1.62. The van der Waals surface area contributed by atoms with Crippen LogP contribution in [0.5, 0.6) is 0 Å². The predicted octanol–water partition coefficient (Wildman–Crippen LogP) is 4.52. The number of urea groups is 1. The van der Waals surface area contributed by atoms with Crippen LogP contribution in [0.2, 0.25) is 0 Å². The van der Waals surface area contributed by atoms with E-state index in [-0.39, 0.29) is 5.69 Å². The van der Waals surface area contributed by atoms with Crippen molar-refractivity contribution in [2.45, 2.75) is 6.92 Å². The molecule has 0 aliphatic heterocycles. The molecule has 0 radical (unpaired) electrons. The summed E-state index contributed by atoms with van der Waals surface area (Å²) < 4.78 is 29.6. The second-order valence-electron chi connectivity index (χ2n) is 6.06. The number of nitrogens with zero attached hydrogens (tertiary/aromatic N) is 4. The maximum Gasteiger partial charge on any atom is 0.447 e. The fraction of sp³-hybridized carbons (Fsp3) is 0.150. The van der Waals surface area contributed by atoms with Crippen LogP contribution in [0.15, 0.2) is 47.6 Å². The van der Waals surface area contributed by atoms with Crippen LogP contribution in [0.25, 0.3) is 0 Å². The van der Waals surface area contributed by atoms with Gasteiger partial charge in [-0.05, 0) is 49.6 Å². The van der Waals surface area contributed by atoms with Crippen LogP contribution < -0.4 is 9.62 Å². The molecule has 0 saturated carbocycles. The number of hydrogen-bond donors (Lipinski definition) is 1. The van der Waals surface area contributed by atoms with Crippen molar-refractivity contribution in [2.24, 2.45) is 5.16 Å². The van der Waals surface area contributed by atoms with Gasteiger partial charge in [0.25, 0.3) is 5.91 Å². The number of amides is 4. The smallest absolute Gasteiger partial charge is 0.296 e. The SMILES string of the molecule is CS/C(C)=N/OC(=O)N(C)SN(C(=O)NC(=O)c1c(F)cccc1F)c1ccc(C#N)cc1. The molecule has 0 atom stereocenters. The Bertz CT molecular complexity index is 1100. The van der Waals surface area contributed by atoms with Gasteiger partial charge in [-0.2, -0.15) is 5.26 Å². The molecule has 1 N–H and O–H groups in total. The zero-order chi connectivity index (χ0) is 24.5. The van der Waals surface area contributed by atoms with Crippen LogP contribution in [0.1, 0.15) is 22.8 Å². The number of oxime groups is 1. The highest BCUT2D eigenvalue weighted by atomic mass is 32.2. The molecule has 0 aromatic heterocycles. The largest absolute Gasteiger partial charge is 0.447 e. The van der Waals surface area contributed by atoms with Crippen molar-refractivity contribution in [3.63, 3.8) is 0 Å². The molecule has 0 heterocycles. The Morgan fingerprint density at radius 1 is 1.12 bits per heavy atom. The van der Waals surface area contributed by atoms with Crippen molar-refractivity contribution in [3.8, 4) is 6.07 Å². The minimum absolute atomic E-state index is 0.154. The van der Waals surface area contributed by atoms with Crippen LogP contribution in [0.3, 0.4) is 0 Å². The van der Waals surface area contributed by atoms with Gasteiger partial charge in [0.2, 0.25) is 0 Å². The van der Waals surface area contributed by atoms with Gasteiger partial charge in [0.1, 0.15) is 22.2 Å².